The van der Waals surface area contributed by atoms with Crippen LogP contribution in [0.2, 0.25) is 0 Å². The highest BCUT2D eigenvalue weighted by Crippen LogP contribution is 2.51. The van der Waals surface area contributed by atoms with Crippen LogP contribution in [0.15, 0.2) is 68.8 Å². The molecule has 0 unspecified atom stereocenters. The zero-order valence-electron chi connectivity index (χ0n) is 10.9. The number of azo groups is 1. The van der Waals surface area contributed by atoms with Crippen LogP contribution in [0.4, 0.5) is 0 Å². The summed E-state index contributed by atoms with van der Waals surface area (Å²) in [5, 5.41) is 11.0. The van der Waals surface area contributed by atoms with Crippen LogP contribution in [0, 0.1) is 0 Å². The number of hydrogen-bond acceptors (Lipinski definition) is 4. The minimum absolute atomic E-state index is 0.160. The Hall–Kier alpha value is -2.56. The van der Waals surface area contributed by atoms with Crippen molar-refractivity contribution in [1.29, 1.82) is 0 Å². The number of hydrogen-bond donors (Lipinski definition) is 1. The summed E-state index contributed by atoms with van der Waals surface area (Å²) in [5.74, 6) is -0.198. The van der Waals surface area contributed by atoms with Crippen molar-refractivity contribution in [2.75, 3.05) is 0 Å². The van der Waals surface area contributed by atoms with Gasteiger partial charge in [-0.1, -0.05) is 6.07 Å². The molecule has 0 bridgehead atoms. The third-order valence-corrected chi connectivity index (χ3v) is 3.69. The highest BCUT2D eigenvalue weighted by atomic mass is 16.2. The predicted molar refractivity (Wildman–Crippen MR) is 72.4 cm³/mol. The van der Waals surface area contributed by atoms with Crippen molar-refractivity contribution in [1.82, 2.24) is 10.3 Å². The Balaban J connectivity index is 1.55. The van der Waals surface area contributed by atoms with Crippen LogP contribution < -0.4 is 5.32 Å². The molecule has 1 fully saturated rings. The SMILES string of the molecule is C[C@@H](NC(=O)C1=C2C=C3CC3=C2N=N1)c1ccccn1. The quantitative estimate of drug-likeness (QED) is 0.911. The molecule has 1 aromatic heterocycles. The Kier molecular flexibility index (Phi) is 2.24. The summed E-state index contributed by atoms with van der Waals surface area (Å²) in [7, 11) is 0. The molecule has 5 nitrogen and oxygen atoms in total. The van der Waals surface area contributed by atoms with Crippen molar-refractivity contribution >= 4 is 5.91 Å². The summed E-state index contributed by atoms with van der Waals surface area (Å²) in [6.07, 6.45) is 4.73. The fraction of sp³-hybridized carbons (Fsp3) is 0.200. The van der Waals surface area contributed by atoms with Gasteiger partial charge in [0.15, 0.2) is 5.70 Å². The number of nitrogens with one attached hydrogen (secondary N) is 1. The molecule has 1 aromatic rings. The van der Waals surface area contributed by atoms with E-state index in [0.29, 0.717) is 5.70 Å². The van der Waals surface area contributed by atoms with Gasteiger partial charge in [-0.05, 0) is 36.3 Å². The molecule has 20 heavy (non-hydrogen) atoms. The molecule has 0 saturated heterocycles. The summed E-state index contributed by atoms with van der Waals surface area (Å²) in [6, 6.07) is 5.48. The van der Waals surface area contributed by atoms with Crippen molar-refractivity contribution in [2.45, 2.75) is 19.4 Å². The van der Waals surface area contributed by atoms with Gasteiger partial charge < -0.3 is 5.32 Å². The van der Waals surface area contributed by atoms with Crippen molar-refractivity contribution in [3.63, 3.8) is 0 Å². The lowest BCUT2D eigenvalue weighted by molar-refractivity contribution is -0.118. The maximum atomic E-state index is 12.3. The monoisotopic (exact) mass is 264 g/mol. The van der Waals surface area contributed by atoms with E-state index < -0.39 is 0 Å². The second kappa shape index (κ2) is 3.96. The molecule has 2 aliphatic carbocycles. The Bertz CT molecular complexity index is 740. The van der Waals surface area contributed by atoms with E-state index in [2.05, 4.69) is 20.5 Å². The maximum absolute atomic E-state index is 12.3. The Morgan fingerprint density at radius 2 is 2.25 bits per heavy atom. The van der Waals surface area contributed by atoms with Crippen molar-refractivity contribution < 1.29 is 4.79 Å². The first-order valence-electron chi connectivity index (χ1n) is 6.56. The number of carbonyl (C=O) groups excluding carboxylic acids is 1. The number of amides is 1. The van der Waals surface area contributed by atoms with E-state index in [-0.39, 0.29) is 11.9 Å². The molecular formula is C15H12N4O. The van der Waals surface area contributed by atoms with Crippen LogP contribution in [0.1, 0.15) is 25.1 Å². The smallest absolute Gasteiger partial charge is 0.273 e. The molecule has 0 aromatic carbocycles. The van der Waals surface area contributed by atoms with Gasteiger partial charge in [0.25, 0.3) is 5.91 Å². The van der Waals surface area contributed by atoms with Crippen molar-refractivity contribution in [3.05, 3.63) is 64.3 Å². The average molecular weight is 264 g/mol. The predicted octanol–water partition coefficient (Wildman–Crippen LogP) is 2.58. The van der Waals surface area contributed by atoms with Crippen LogP contribution in [-0.4, -0.2) is 10.9 Å². The van der Waals surface area contributed by atoms with E-state index in [4.69, 9.17) is 0 Å². The lowest BCUT2D eigenvalue weighted by Crippen LogP contribution is -2.28. The van der Waals surface area contributed by atoms with Crippen molar-refractivity contribution in [3.8, 4) is 0 Å². The fourth-order valence-electron chi connectivity index (χ4n) is 2.51. The number of pyridine rings is 1. The molecule has 3 aliphatic rings. The summed E-state index contributed by atoms with van der Waals surface area (Å²) >= 11 is 0. The first-order valence-corrected chi connectivity index (χ1v) is 6.56. The average Bonchev–Trinajstić information content (AvgIpc) is 2.95. The molecule has 1 saturated carbocycles. The fourth-order valence-corrected chi connectivity index (χ4v) is 2.51. The van der Waals surface area contributed by atoms with E-state index >= 15 is 0 Å². The second-order valence-electron chi connectivity index (χ2n) is 5.09. The summed E-state index contributed by atoms with van der Waals surface area (Å²) in [6.45, 7) is 1.90. The normalized spacial score (nSPS) is 19.8. The topological polar surface area (TPSA) is 66.7 Å². The lowest BCUT2D eigenvalue weighted by Gasteiger charge is -2.12. The minimum Gasteiger partial charge on any atom is -0.343 e. The lowest BCUT2D eigenvalue weighted by atomic mass is 10.1. The van der Waals surface area contributed by atoms with Crippen LogP contribution in [0.5, 0.6) is 0 Å². The Labute approximate surface area is 115 Å². The van der Waals surface area contributed by atoms with E-state index in [1.54, 1.807) is 6.20 Å². The van der Waals surface area contributed by atoms with Crippen LogP contribution in [0.25, 0.3) is 0 Å². The standard InChI is InChI=1S/C15H12N4O/c1-8(12-4-2-3-5-16-12)17-15(20)14-11-7-9-6-10(9)13(11)18-19-14/h2-5,7-8H,6H2,1H3,(H,17,20)/t8-/m1/s1. The van der Waals surface area contributed by atoms with E-state index in [9.17, 15) is 4.79 Å². The Morgan fingerprint density at radius 1 is 1.35 bits per heavy atom. The molecule has 1 aliphatic heterocycles. The van der Waals surface area contributed by atoms with Gasteiger partial charge in [-0.15, -0.1) is 10.2 Å². The largest absolute Gasteiger partial charge is 0.343 e. The molecule has 1 atom stereocenters. The van der Waals surface area contributed by atoms with Gasteiger partial charge in [-0.25, -0.2) is 0 Å². The summed E-state index contributed by atoms with van der Waals surface area (Å²) in [5.41, 5.74) is 5.52. The minimum atomic E-state index is -0.198. The van der Waals surface area contributed by atoms with Gasteiger partial charge >= 0.3 is 0 Å². The molecule has 0 radical (unpaired) electrons. The van der Waals surface area contributed by atoms with E-state index in [0.717, 1.165) is 23.4 Å². The molecule has 1 N–H and O–H groups in total. The molecule has 98 valence electrons. The Morgan fingerprint density at radius 3 is 3.05 bits per heavy atom. The maximum Gasteiger partial charge on any atom is 0.273 e. The van der Waals surface area contributed by atoms with Crippen LogP contribution in [0.3, 0.4) is 0 Å². The van der Waals surface area contributed by atoms with Crippen LogP contribution >= 0.6 is 0 Å². The van der Waals surface area contributed by atoms with Gasteiger partial charge in [0, 0.05) is 18.2 Å². The number of nitrogens with zero attached hydrogens (tertiary/aromatic N) is 3. The van der Waals surface area contributed by atoms with Crippen molar-refractivity contribution in [2.24, 2.45) is 10.2 Å². The van der Waals surface area contributed by atoms with Gasteiger partial charge in [0.05, 0.1) is 17.4 Å². The van der Waals surface area contributed by atoms with Gasteiger partial charge in [-0.3, -0.25) is 9.78 Å². The number of carbonyl (C=O) groups is 1. The molecular weight excluding hydrogens is 252 g/mol. The molecule has 0 spiro atoms. The van der Waals surface area contributed by atoms with Gasteiger partial charge in [-0.2, -0.15) is 0 Å². The summed E-state index contributed by atoms with van der Waals surface area (Å²) in [4.78, 5) is 16.5. The highest BCUT2D eigenvalue weighted by Gasteiger charge is 2.38. The van der Waals surface area contributed by atoms with Gasteiger partial charge in [0.1, 0.15) is 0 Å². The molecule has 5 heteroatoms. The zero-order chi connectivity index (χ0) is 13.7. The third kappa shape index (κ3) is 1.63. The van der Waals surface area contributed by atoms with E-state index in [1.165, 1.54) is 11.1 Å². The third-order valence-electron chi connectivity index (χ3n) is 3.69. The number of aromatic nitrogens is 1. The van der Waals surface area contributed by atoms with Crippen LogP contribution in [-0.2, 0) is 4.79 Å². The molecule has 2 heterocycles. The second-order valence-corrected chi connectivity index (χ2v) is 5.09. The molecule has 4 rings (SSSR count). The van der Waals surface area contributed by atoms with E-state index in [1.807, 2.05) is 31.2 Å². The van der Waals surface area contributed by atoms with Gasteiger partial charge in [0.2, 0.25) is 0 Å². The number of rotatable bonds is 3. The summed E-state index contributed by atoms with van der Waals surface area (Å²) < 4.78 is 0. The first-order chi connectivity index (χ1) is 9.74. The first kappa shape index (κ1) is 11.3. The zero-order valence-corrected chi connectivity index (χ0v) is 10.9. The number of fused-ring (bicyclic) bond motifs is 2. The highest BCUT2D eigenvalue weighted by molar-refractivity contribution is 5.97. The molecule has 1 amide bonds. The number of allylic oxidation sites excluding steroid dienone is 3.